The second-order valence-corrected chi connectivity index (χ2v) is 8.35. The van der Waals surface area contributed by atoms with Gasteiger partial charge in [0.2, 0.25) is 10.0 Å². The molecule has 1 aromatic rings. The first-order valence-electron chi connectivity index (χ1n) is 7.53. The summed E-state index contributed by atoms with van der Waals surface area (Å²) in [5, 5.41) is 0. The highest BCUT2D eigenvalue weighted by atomic mass is 79.9. The predicted octanol–water partition coefficient (Wildman–Crippen LogP) is 2.70. The third-order valence-electron chi connectivity index (χ3n) is 3.87. The van der Waals surface area contributed by atoms with Crippen LogP contribution in [-0.4, -0.2) is 45.1 Å². The largest absolute Gasteiger partial charge is 0.378 e. The van der Waals surface area contributed by atoms with E-state index in [2.05, 4.69) is 15.9 Å². The zero-order chi connectivity index (χ0) is 16.2. The van der Waals surface area contributed by atoms with Crippen molar-refractivity contribution in [2.75, 3.05) is 26.2 Å². The second kappa shape index (κ2) is 9.34. The smallest absolute Gasteiger partial charge is 0.243 e. The van der Waals surface area contributed by atoms with E-state index in [-0.39, 0.29) is 18.5 Å². The molecule has 1 heterocycles. The van der Waals surface area contributed by atoms with Crippen LogP contribution >= 0.6 is 28.3 Å². The van der Waals surface area contributed by atoms with Gasteiger partial charge in [0.25, 0.3) is 0 Å². The van der Waals surface area contributed by atoms with Crippen LogP contribution in [0.3, 0.4) is 0 Å². The minimum absolute atomic E-state index is 0. The van der Waals surface area contributed by atoms with Crippen LogP contribution in [-0.2, 0) is 14.8 Å². The summed E-state index contributed by atoms with van der Waals surface area (Å²) in [6.07, 6.45) is 2.45. The van der Waals surface area contributed by atoms with Gasteiger partial charge < -0.3 is 10.5 Å². The van der Waals surface area contributed by atoms with Crippen LogP contribution in [0.25, 0.3) is 0 Å². The standard InChI is InChI=1S/C15H23BrN2O3S.ClH/c1-12-3-4-13(16)11-15(12)22(19,20)18-8-5-14(6-9-18)21-10-2-7-17;/h3-4,11,14H,2,5-10,17H2,1H3;1H. The molecule has 0 spiro atoms. The SMILES string of the molecule is Cc1ccc(Br)cc1S(=O)(=O)N1CCC(OCCCN)CC1.Cl. The van der Waals surface area contributed by atoms with Crippen molar-refractivity contribution in [3.63, 3.8) is 0 Å². The van der Waals surface area contributed by atoms with Crippen LogP contribution in [0.1, 0.15) is 24.8 Å². The molecular formula is C15H24BrClN2O3S. The molecule has 0 bridgehead atoms. The van der Waals surface area contributed by atoms with Crippen LogP contribution in [0.4, 0.5) is 0 Å². The van der Waals surface area contributed by atoms with Gasteiger partial charge in [0.05, 0.1) is 11.0 Å². The fourth-order valence-electron chi connectivity index (χ4n) is 2.56. The minimum atomic E-state index is -3.44. The average Bonchev–Trinajstić information content (AvgIpc) is 2.50. The van der Waals surface area contributed by atoms with Crippen LogP contribution in [0.15, 0.2) is 27.6 Å². The molecule has 1 aliphatic heterocycles. The summed E-state index contributed by atoms with van der Waals surface area (Å²) in [7, 11) is -3.44. The molecule has 2 rings (SSSR count). The highest BCUT2D eigenvalue weighted by molar-refractivity contribution is 9.10. The number of sulfonamides is 1. The van der Waals surface area contributed by atoms with Gasteiger partial charge in [-0.2, -0.15) is 4.31 Å². The molecule has 8 heteroatoms. The normalized spacial score (nSPS) is 17.0. The van der Waals surface area contributed by atoms with Crippen molar-refractivity contribution in [3.05, 3.63) is 28.2 Å². The first-order chi connectivity index (χ1) is 10.4. The number of nitrogens with two attached hydrogens (primary N) is 1. The van der Waals surface area contributed by atoms with E-state index in [9.17, 15) is 8.42 Å². The Bertz CT molecular complexity index is 605. The van der Waals surface area contributed by atoms with E-state index in [1.54, 1.807) is 10.4 Å². The fourth-order valence-corrected chi connectivity index (χ4v) is 4.80. The van der Waals surface area contributed by atoms with E-state index in [0.717, 1.165) is 29.3 Å². The molecule has 1 fully saturated rings. The summed E-state index contributed by atoms with van der Waals surface area (Å²) >= 11 is 3.34. The van der Waals surface area contributed by atoms with Gasteiger partial charge in [-0.1, -0.05) is 22.0 Å². The summed E-state index contributed by atoms with van der Waals surface area (Å²) in [5.74, 6) is 0. The maximum atomic E-state index is 12.8. The number of ether oxygens (including phenoxy) is 1. The van der Waals surface area contributed by atoms with E-state index in [0.29, 0.717) is 31.1 Å². The molecule has 0 saturated carbocycles. The van der Waals surface area contributed by atoms with Crippen molar-refractivity contribution in [2.45, 2.75) is 37.2 Å². The number of aryl methyl sites for hydroxylation is 1. The molecule has 0 unspecified atom stereocenters. The maximum absolute atomic E-state index is 12.8. The van der Waals surface area contributed by atoms with Crippen molar-refractivity contribution in [1.82, 2.24) is 4.31 Å². The van der Waals surface area contributed by atoms with E-state index in [1.165, 1.54) is 0 Å². The fraction of sp³-hybridized carbons (Fsp3) is 0.600. The summed E-state index contributed by atoms with van der Waals surface area (Å²) < 4.78 is 33.6. The topological polar surface area (TPSA) is 72.6 Å². The maximum Gasteiger partial charge on any atom is 0.243 e. The van der Waals surface area contributed by atoms with Crippen molar-refractivity contribution in [3.8, 4) is 0 Å². The first-order valence-corrected chi connectivity index (χ1v) is 9.76. The molecule has 2 N–H and O–H groups in total. The highest BCUT2D eigenvalue weighted by Gasteiger charge is 2.30. The Kier molecular flexibility index (Phi) is 8.47. The lowest BCUT2D eigenvalue weighted by molar-refractivity contribution is 0.0209. The predicted molar refractivity (Wildman–Crippen MR) is 97.5 cm³/mol. The lowest BCUT2D eigenvalue weighted by Crippen LogP contribution is -2.41. The zero-order valence-corrected chi connectivity index (χ0v) is 16.4. The van der Waals surface area contributed by atoms with Crippen molar-refractivity contribution >= 4 is 38.4 Å². The zero-order valence-electron chi connectivity index (χ0n) is 13.2. The molecule has 132 valence electrons. The molecule has 1 saturated heterocycles. The van der Waals surface area contributed by atoms with Crippen LogP contribution < -0.4 is 5.73 Å². The number of hydrogen-bond acceptors (Lipinski definition) is 4. The molecule has 0 radical (unpaired) electrons. The molecule has 23 heavy (non-hydrogen) atoms. The van der Waals surface area contributed by atoms with Crippen LogP contribution in [0.5, 0.6) is 0 Å². The molecular weight excluding hydrogens is 404 g/mol. The molecule has 5 nitrogen and oxygen atoms in total. The van der Waals surface area contributed by atoms with Gasteiger partial charge in [0.1, 0.15) is 0 Å². The van der Waals surface area contributed by atoms with Crippen molar-refractivity contribution in [2.24, 2.45) is 5.73 Å². The number of piperidine rings is 1. The number of rotatable bonds is 6. The number of hydrogen-bond donors (Lipinski definition) is 1. The van der Waals surface area contributed by atoms with E-state index >= 15 is 0 Å². The molecule has 0 aromatic heterocycles. The molecule has 1 aliphatic rings. The van der Waals surface area contributed by atoms with Gasteiger partial charge in [0, 0.05) is 24.2 Å². The third kappa shape index (κ3) is 5.41. The quantitative estimate of drug-likeness (QED) is 0.708. The van der Waals surface area contributed by atoms with E-state index < -0.39 is 10.0 Å². The summed E-state index contributed by atoms with van der Waals surface area (Å²) in [5.41, 5.74) is 6.21. The molecule has 1 aromatic carbocycles. The molecule has 0 atom stereocenters. The van der Waals surface area contributed by atoms with Gasteiger partial charge in [-0.15, -0.1) is 12.4 Å². The second-order valence-electron chi connectivity index (χ2n) is 5.53. The van der Waals surface area contributed by atoms with Crippen LogP contribution in [0.2, 0.25) is 0 Å². The number of benzene rings is 1. The Balaban J connectivity index is 0.00000264. The first kappa shape index (κ1) is 20.9. The summed E-state index contributed by atoms with van der Waals surface area (Å²) in [6, 6.07) is 5.35. The Hall–Kier alpha value is -0.180. The lowest BCUT2D eigenvalue weighted by atomic mass is 10.1. The lowest BCUT2D eigenvalue weighted by Gasteiger charge is -2.31. The van der Waals surface area contributed by atoms with Gasteiger partial charge >= 0.3 is 0 Å². The number of halogens is 2. The molecule has 0 amide bonds. The summed E-state index contributed by atoms with van der Waals surface area (Å²) in [4.78, 5) is 0.379. The van der Waals surface area contributed by atoms with Gasteiger partial charge in [-0.25, -0.2) is 8.42 Å². The van der Waals surface area contributed by atoms with E-state index in [1.807, 2.05) is 19.1 Å². The monoisotopic (exact) mass is 426 g/mol. The number of nitrogens with zero attached hydrogens (tertiary/aromatic N) is 1. The van der Waals surface area contributed by atoms with Gasteiger partial charge in [-0.3, -0.25) is 0 Å². The minimum Gasteiger partial charge on any atom is -0.378 e. The summed E-state index contributed by atoms with van der Waals surface area (Å²) in [6.45, 7) is 4.10. The van der Waals surface area contributed by atoms with Crippen molar-refractivity contribution < 1.29 is 13.2 Å². The van der Waals surface area contributed by atoms with Gasteiger partial charge in [0.15, 0.2) is 0 Å². The Labute approximate surface area is 153 Å². The van der Waals surface area contributed by atoms with Crippen molar-refractivity contribution in [1.29, 1.82) is 0 Å². The molecule has 0 aliphatic carbocycles. The highest BCUT2D eigenvalue weighted by Crippen LogP contribution is 2.26. The van der Waals surface area contributed by atoms with E-state index in [4.69, 9.17) is 10.5 Å². The Morgan fingerprint density at radius 2 is 2.00 bits per heavy atom. The van der Waals surface area contributed by atoms with Gasteiger partial charge in [-0.05, 0) is 50.4 Å². The average molecular weight is 428 g/mol. The third-order valence-corrected chi connectivity index (χ3v) is 6.40. The van der Waals surface area contributed by atoms with Crippen LogP contribution in [0, 0.1) is 6.92 Å². The Morgan fingerprint density at radius 3 is 2.61 bits per heavy atom. The Morgan fingerprint density at radius 1 is 1.35 bits per heavy atom.